The van der Waals surface area contributed by atoms with E-state index in [1.165, 1.54) is 23.1 Å². The maximum atomic E-state index is 13.0. The van der Waals surface area contributed by atoms with Crippen LogP contribution in [0.2, 0.25) is 10.0 Å². The number of morpholine rings is 1. The Morgan fingerprint density at radius 1 is 1.00 bits per heavy atom. The molecule has 2 aliphatic rings. The van der Waals surface area contributed by atoms with E-state index < -0.39 is 23.5 Å². The van der Waals surface area contributed by atoms with Crippen LogP contribution in [0, 0.1) is 0 Å². The largest absolute Gasteiger partial charge is 0.507 e. The van der Waals surface area contributed by atoms with Crippen molar-refractivity contribution in [2.75, 3.05) is 39.4 Å². The lowest BCUT2D eigenvalue weighted by Crippen LogP contribution is -2.42. The number of hydrogen-bond donors (Lipinski definition) is 2. The van der Waals surface area contributed by atoms with Gasteiger partial charge in [-0.1, -0.05) is 35.3 Å². The highest BCUT2D eigenvalue weighted by atomic mass is 35.5. The Morgan fingerprint density at radius 2 is 1.66 bits per heavy atom. The van der Waals surface area contributed by atoms with E-state index in [-0.39, 0.29) is 28.5 Å². The average Bonchev–Trinajstić information content (AvgIpc) is 3.05. The number of nitrogens with zero attached hydrogens (tertiary/aromatic N) is 2. The number of benzene rings is 2. The van der Waals surface area contributed by atoms with E-state index in [4.69, 9.17) is 27.9 Å². The zero-order chi connectivity index (χ0) is 22.8. The van der Waals surface area contributed by atoms with Gasteiger partial charge in [-0.3, -0.25) is 14.5 Å². The van der Waals surface area contributed by atoms with Gasteiger partial charge in [-0.2, -0.15) is 0 Å². The molecule has 2 aromatic carbocycles. The SMILES string of the molecule is O=C1C(=O)N(CCN2CCOCC2)[C@H](c2ccc(Cl)cc2)C1=C(O)c1cc(Cl)ccc1O. The highest BCUT2D eigenvalue weighted by Gasteiger charge is 2.46. The molecule has 0 spiro atoms. The Kier molecular flexibility index (Phi) is 6.71. The number of phenolic OH excluding ortho intramolecular Hbond substituents is 1. The zero-order valence-corrected chi connectivity index (χ0v) is 18.6. The molecular weight excluding hydrogens is 455 g/mol. The maximum Gasteiger partial charge on any atom is 0.295 e. The van der Waals surface area contributed by atoms with Crippen LogP contribution in [-0.4, -0.2) is 71.1 Å². The number of Topliss-reactive ketones (excluding diaryl/α,β-unsaturated/α-hetero) is 1. The molecule has 0 unspecified atom stereocenters. The van der Waals surface area contributed by atoms with Crippen LogP contribution in [0.5, 0.6) is 5.75 Å². The van der Waals surface area contributed by atoms with Crippen LogP contribution in [-0.2, 0) is 14.3 Å². The number of rotatable bonds is 5. The summed E-state index contributed by atoms with van der Waals surface area (Å²) >= 11 is 12.1. The molecule has 2 heterocycles. The first-order valence-corrected chi connectivity index (χ1v) is 11.0. The molecule has 1 atom stereocenters. The highest BCUT2D eigenvalue weighted by Crippen LogP contribution is 2.41. The van der Waals surface area contributed by atoms with Crippen LogP contribution < -0.4 is 0 Å². The number of aromatic hydroxyl groups is 1. The Bertz CT molecular complexity index is 1060. The molecule has 7 nitrogen and oxygen atoms in total. The second-order valence-corrected chi connectivity index (χ2v) is 8.53. The van der Waals surface area contributed by atoms with Gasteiger partial charge < -0.3 is 19.8 Å². The van der Waals surface area contributed by atoms with E-state index in [1.807, 2.05) is 0 Å². The van der Waals surface area contributed by atoms with Crippen molar-refractivity contribution in [3.63, 3.8) is 0 Å². The summed E-state index contributed by atoms with van der Waals surface area (Å²) in [6.07, 6.45) is 0. The van der Waals surface area contributed by atoms with Gasteiger partial charge >= 0.3 is 0 Å². The molecule has 0 bridgehead atoms. The minimum absolute atomic E-state index is 0.0114. The monoisotopic (exact) mass is 476 g/mol. The first-order valence-electron chi connectivity index (χ1n) is 10.2. The number of likely N-dealkylation sites (tertiary alicyclic amines) is 1. The van der Waals surface area contributed by atoms with Crippen molar-refractivity contribution >= 4 is 40.7 Å². The molecule has 9 heteroatoms. The van der Waals surface area contributed by atoms with Gasteiger partial charge in [0.05, 0.1) is 30.4 Å². The highest BCUT2D eigenvalue weighted by molar-refractivity contribution is 6.46. The number of hydrogen-bond acceptors (Lipinski definition) is 6. The number of aliphatic hydroxyl groups is 1. The van der Waals surface area contributed by atoms with Crippen LogP contribution in [0.4, 0.5) is 0 Å². The van der Waals surface area contributed by atoms with Crippen molar-refractivity contribution in [2.45, 2.75) is 6.04 Å². The van der Waals surface area contributed by atoms with Crippen molar-refractivity contribution in [2.24, 2.45) is 0 Å². The summed E-state index contributed by atoms with van der Waals surface area (Å²) in [5, 5.41) is 22.1. The van der Waals surface area contributed by atoms with Crippen LogP contribution in [0.3, 0.4) is 0 Å². The lowest BCUT2D eigenvalue weighted by molar-refractivity contribution is -0.140. The number of halogens is 2. The Morgan fingerprint density at radius 3 is 2.34 bits per heavy atom. The van der Waals surface area contributed by atoms with Crippen LogP contribution in [0.1, 0.15) is 17.2 Å². The van der Waals surface area contributed by atoms with E-state index >= 15 is 0 Å². The quantitative estimate of drug-likeness (QED) is 0.390. The second kappa shape index (κ2) is 9.50. The average molecular weight is 477 g/mol. The summed E-state index contributed by atoms with van der Waals surface area (Å²) in [6.45, 7) is 3.57. The molecule has 1 amide bonds. The predicted octanol–water partition coefficient (Wildman–Crippen LogP) is 3.45. The van der Waals surface area contributed by atoms with E-state index in [9.17, 15) is 19.8 Å². The van der Waals surface area contributed by atoms with Gasteiger partial charge in [0.1, 0.15) is 11.5 Å². The van der Waals surface area contributed by atoms with E-state index in [0.29, 0.717) is 30.3 Å². The minimum atomic E-state index is -0.827. The minimum Gasteiger partial charge on any atom is -0.507 e. The molecule has 2 aromatic rings. The van der Waals surface area contributed by atoms with Crippen LogP contribution in [0.25, 0.3) is 5.76 Å². The summed E-state index contributed by atoms with van der Waals surface area (Å²) in [5.74, 6) is -2.25. The molecule has 0 saturated carbocycles. The third-order valence-electron chi connectivity index (χ3n) is 5.70. The van der Waals surface area contributed by atoms with Crippen molar-refractivity contribution in [1.29, 1.82) is 0 Å². The normalized spacial score (nSPS) is 21.3. The first kappa shape index (κ1) is 22.6. The molecule has 0 aliphatic carbocycles. The fourth-order valence-electron chi connectivity index (χ4n) is 4.02. The van der Waals surface area contributed by atoms with Crippen molar-refractivity contribution in [3.05, 3.63) is 69.2 Å². The molecule has 32 heavy (non-hydrogen) atoms. The molecule has 0 aromatic heterocycles. The van der Waals surface area contributed by atoms with E-state index in [1.54, 1.807) is 24.3 Å². The van der Waals surface area contributed by atoms with Gasteiger partial charge in [0.25, 0.3) is 11.7 Å². The van der Waals surface area contributed by atoms with Gasteiger partial charge in [-0.25, -0.2) is 0 Å². The third kappa shape index (κ3) is 4.47. The van der Waals surface area contributed by atoms with Crippen molar-refractivity contribution in [1.82, 2.24) is 9.80 Å². The first-order chi connectivity index (χ1) is 15.4. The molecule has 2 fully saturated rings. The topological polar surface area (TPSA) is 90.3 Å². The smallest absolute Gasteiger partial charge is 0.295 e. The molecule has 4 rings (SSSR count). The third-order valence-corrected chi connectivity index (χ3v) is 6.19. The number of amides is 1. The van der Waals surface area contributed by atoms with Gasteiger partial charge in [0.2, 0.25) is 0 Å². The van der Waals surface area contributed by atoms with Gasteiger partial charge in [-0.15, -0.1) is 0 Å². The maximum absolute atomic E-state index is 13.0. The molecule has 0 radical (unpaired) electrons. The Labute approximate surface area is 195 Å². The molecular formula is C23H22Cl2N2O5. The fraction of sp³-hybridized carbons (Fsp3) is 0.304. The number of ether oxygens (including phenoxy) is 1. The summed E-state index contributed by atoms with van der Waals surface area (Å²) in [6, 6.07) is 10.1. The fourth-order valence-corrected chi connectivity index (χ4v) is 4.32. The van der Waals surface area contributed by atoms with Gasteiger partial charge in [-0.05, 0) is 35.9 Å². The summed E-state index contributed by atoms with van der Waals surface area (Å²) in [4.78, 5) is 29.7. The zero-order valence-electron chi connectivity index (χ0n) is 17.1. The number of aliphatic hydroxyl groups excluding tert-OH is 1. The molecule has 168 valence electrons. The lowest BCUT2D eigenvalue weighted by Gasteiger charge is -2.31. The molecule has 2 aliphatic heterocycles. The van der Waals surface area contributed by atoms with Crippen molar-refractivity contribution in [3.8, 4) is 5.75 Å². The second-order valence-electron chi connectivity index (χ2n) is 7.66. The lowest BCUT2D eigenvalue weighted by atomic mass is 9.95. The summed E-state index contributed by atoms with van der Waals surface area (Å²) in [5.41, 5.74) is 0.512. The number of ketones is 1. The van der Waals surface area contributed by atoms with Crippen LogP contribution >= 0.6 is 23.2 Å². The standard InChI is InChI=1S/C23H22Cl2N2O5/c24-15-3-1-14(2-4-15)20-19(21(29)17-13-16(25)5-6-18(17)28)22(30)23(31)27(20)8-7-26-9-11-32-12-10-26/h1-6,13,20,28-29H,7-12H2/t20-/m1/s1. The number of carbonyl (C=O) groups is 2. The number of carbonyl (C=O) groups excluding carboxylic acids is 2. The Hall–Kier alpha value is -2.58. The van der Waals surface area contributed by atoms with E-state index in [2.05, 4.69) is 4.90 Å². The van der Waals surface area contributed by atoms with Crippen molar-refractivity contribution < 1.29 is 24.5 Å². The van der Waals surface area contributed by atoms with Crippen LogP contribution in [0.15, 0.2) is 48.0 Å². The van der Waals surface area contributed by atoms with Gasteiger partial charge in [0.15, 0.2) is 0 Å². The predicted molar refractivity (Wildman–Crippen MR) is 121 cm³/mol. The van der Waals surface area contributed by atoms with Gasteiger partial charge in [0, 0.05) is 36.2 Å². The van der Waals surface area contributed by atoms with E-state index in [0.717, 1.165) is 13.1 Å². The Balaban J connectivity index is 1.76. The molecule has 2 saturated heterocycles. The summed E-state index contributed by atoms with van der Waals surface area (Å²) in [7, 11) is 0. The number of phenols is 1. The summed E-state index contributed by atoms with van der Waals surface area (Å²) < 4.78 is 5.37. The molecule has 2 N–H and O–H groups in total.